The summed E-state index contributed by atoms with van der Waals surface area (Å²) in [4.78, 5) is 0. The SMILES string of the molecule is CCc1cccc2c(F)c(N)cc(C(C)(C)C)c12. The van der Waals surface area contributed by atoms with Gasteiger partial charge in [0, 0.05) is 5.39 Å². The summed E-state index contributed by atoms with van der Waals surface area (Å²) in [5.74, 6) is -0.298. The van der Waals surface area contributed by atoms with E-state index in [0.29, 0.717) is 5.39 Å². The number of benzene rings is 2. The number of hydrogen-bond donors (Lipinski definition) is 1. The van der Waals surface area contributed by atoms with Crippen LogP contribution in [0.3, 0.4) is 0 Å². The first-order valence-corrected chi connectivity index (χ1v) is 6.36. The van der Waals surface area contributed by atoms with Gasteiger partial charge in [-0.3, -0.25) is 0 Å². The molecule has 0 bridgehead atoms. The standard InChI is InChI=1S/C16H20FN/c1-5-10-7-6-8-11-14(10)12(16(2,3)4)9-13(18)15(11)17/h6-9H,5,18H2,1-4H3. The van der Waals surface area contributed by atoms with Gasteiger partial charge in [0.2, 0.25) is 0 Å². The lowest BCUT2D eigenvalue weighted by atomic mass is 9.81. The van der Waals surface area contributed by atoms with Crippen molar-refractivity contribution >= 4 is 16.5 Å². The molecule has 0 saturated carbocycles. The van der Waals surface area contributed by atoms with Crippen molar-refractivity contribution in [3.8, 4) is 0 Å². The monoisotopic (exact) mass is 245 g/mol. The molecule has 0 amide bonds. The minimum Gasteiger partial charge on any atom is -0.396 e. The van der Waals surface area contributed by atoms with Crippen LogP contribution in [0.1, 0.15) is 38.8 Å². The molecule has 2 aromatic carbocycles. The van der Waals surface area contributed by atoms with Crippen LogP contribution in [-0.4, -0.2) is 0 Å². The van der Waals surface area contributed by atoms with Gasteiger partial charge >= 0.3 is 0 Å². The van der Waals surface area contributed by atoms with Crippen molar-refractivity contribution in [1.29, 1.82) is 0 Å². The van der Waals surface area contributed by atoms with Crippen LogP contribution in [0, 0.1) is 5.82 Å². The molecule has 0 radical (unpaired) electrons. The molecule has 0 aliphatic carbocycles. The first kappa shape index (κ1) is 12.9. The summed E-state index contributed by atoms with van der Waals surface area (Å²) in [7, 11) is 0. The van der Waals surface area contributed by atoms with Crippen LogP contribution in [0.15, 0.2) is 24.3 Å². The van der Waals surface area contributed by atoms with Gasteiger partial charge in [0.05, 0.1) is 5.69 Å². The molecule has 0 aromatic heterocycles. The van der Waals surface area contributed by atoms with Crippen molar-refractivity contribution in [2.45, 2.75) is 39.5 Å². The Hall–Kier alpha value is -1.57. The van der Waals surface area contributed by atoms with Gasteiger partial charge in [-0.2, -0.15) is 0 Å². The quantitative estimate of drug-likeness (QED) is 0.739. The molecule has 2 aromatic rings. The van der Waals surface area contributed by atoms with E-state index in [4.69, 9.17) is 5.73 Å². The Bertz CT molecular complexity index is 594. The molecule has 1 nitrogen and oxygen atoms in total. The van der Waals surface area contributed by atoms with Crippen molar-refractivity contribution in [3.05, 3.63) is 41.2 Å². The molecule has 0 aliphatic heterocycles. The lowest BCUT2D eigenvalue weighted by molar-refractivity contribution is 0.592. The summed E-state index contributed by atoms with van der Waals surface area (Å²) in [6.07, 6.45) is 0.893. The van der Waals surface area contributed by atoms with Crippen LogP contribution in [0.5, 0.6) is 0 Å². The summed E-state index contributed by atoms with van der Waals surface area (Å²) < 4.78 is 14.2. The molecule has 0 spiro atoms. The maximum absolute atomic E-state index is 14.2. The highest BCUT2D eigenvalue weighted by atomic mass is 19.1. The Kier molecular flexibility index (Phi) is 3.05. The molecule has 0 saturated heterocycles. The second-order valence-electron chi connectivity index (χ2n) is 5.77. The maximum atomic E-state index is 14.2. The molecule has 0 aliphatic rings. The van der Waals surface area contributed by atoms with Crippen molar-refractivity contribution < 1.29 is 4.39 Å². The van der Waals surface area contributed by atoms with Crippen molar-refractivity contribution in [3.63, 3.8) is 0 Å². The number of nitrogens with two attached hydrogens (primary N) is 1. The first-order valence-electron chi connectivity index (χ1n) is 6.36. The Balaban J connectivity index is 2.98. The number of fused-ring (bicyclic) bond motifs is 1. The zero-order valence-corrected chi connectivity index (χ0v) is 11.5. The normalized spacial score (nSPS) is 12.1. The highest BCUT2D eigenvalue weighted by molar-refractivity contribution is 5.93. The van der Waals surface area contributed by atoms with Crippen LogP contribution >= 0.6 is 0 Å². The van der Waals surface area contributed by atoms with E-state index in [1.807, 2.05) is 12.1 Å². The Labute approximate surface area is 108 Å². The van der Waals surface area contributed by atoms with E-state index in [1.54, 1.807) is 6.07 Å². The molecule has 0 unspecified atom stereocenters. The smallest absolute Gasteiger partial charge is 0.153 e. The van der Waals surface area contributed by atoms with Crippen molar-refractivity contribution in [2.75, 3.05) is 5.73 Å². The van der Waals surface area contributed by atoms with E-state index in [1.165, 1.54) is 5.56 Å². The van der Waals surface area contributed by atoms with Crippen LogP contribution < -0.4 is 5.73 Å². The summed E-state index contributed by atoms with van der Waals surface area (Å²) in [5, 5.41) is 1.67. The third-order valence-electron chi connectivity index (χ3n) is 3.40. The van der Waals surface area contributed by atoms with E-state index < -0.39 is 0 Å². The fourth-order valence-corrected chi connectivity index (χ4v) is 2.43. The van der Waals surface area contributed by atoms with E-state index in [0.717, 1.165) is 17.4 Å². The molecule has 0 heterocycles. The largest absolute Gasteiger partial charge is 0.396 e. The van der Waals surface area contributed by atoms with E-state index in [9.17, 15) is 4.39 Å². The summed E-state index contributed by atoms with van der Waals surface area (Å²) >= 11 is 0. The van der Waals surface area contributed by atoms with Crippen LogP contribution in [0.4, 0.5) is 10.1 Å². The van der Waals surface area contributed by atoms with Gasteiger partial charge in [0.1, 0.15) is 0 Å². The lowest BCUT2D eigenvalue weighted by Gasteiger charge is -2.24. The minimum absolute atomic E-state index is 0.0503. The molecule has 0 fully saturated rings. The van der Waals surface area contributed by atoms with E-state index in [2.05, 4.69) is 33.8 Å². The Morgan fingerprint density at radius 3 is 2.44 bits per heavy atom. The van der Waals surface area contributed by atoms with Crippen molar-refractivity contribution in [1.82, 2.24) is 0 Å². The number of rotatable bonds is 1. The number of halogens is 1. The number of hydrogen-bond acceptors (Lipinski definition) is 1. The van der Waals surface area contributed by atoms with Gasteiger partial charge in [0.25, 0.3) is 0 Å². The van der Waals surface area contributed by atoms with Crippen LogP contribution in [0.25, 0.3) is 10.8 Å². The number of nitrogen functional groups attached to an aromatic ring is 1. The number of aryl methyl sites for hydroxylation is 1. The molecular formula is C16H20FN. The minimum atomic E-state index is -0.298. The Morgan fingerprint density at radius 2 is 1.89 bits per heavy atom. The summed E-state index contributed by atoms with van der Waals surface area (Å²) in [6, 6.07) is 7.57. The highest BCUT2D eigenvalue weighted by Crippen LogP contribution is 2.36. The maximum Gasteiger partial charge on any atom is 0.153 e. The van der Waals surface area contributed by atoms with Gasteiger partial charge < -0.3 is 5.73 Å². The fourth-order valence-electron chi connectivity index (χ4n) is 2.43. The van der Waals surface area contributed by atoms with Crippen LogP contribution in [0.2, 0.25) is 0 Å². The molecule has 96 valence electrons. The predicted octanol–water partition coefficient (Wildman–Crippen LogP) is 4.42. The second kappa shape index (κ2) is 4.27. The fraction of sp³-hybridized carbons (Fsp3) is 0.375. The molecule has 0 atom stereocenters. The summed E-state index contributed by atoms with van der Waals surface area (Å²) in [5.41, 5.74) is 8.28. The average Bonchev–Trinajstić information content (AvgIpc) is 2.31. The van der Waals surface area contributed by atoms with Gasteiger partial charge in [-0.25, -0.2) is 4.39 Å². The molecule has 18 heavy (non-hydrogen) atoms. The first-order chi connectivity index (χ1) is 8.36. The van der Waals surface area contributed by atoms with Gasteiger partial charge in [-0.15, -0.1) is 0 Å². The molecule has 2 heteroatoms. The average molecular weight is 245 g/mol. The lowest BCUT2D eigenvalue weighted by Crippen LogP contribution is -2.14. The topological polar surface area (TPSA) is 26.0 Å². The number of anilines is 1. The molecular weight excluding hydrogens is 225 g/mol. The third-order valence-corrected chi connectivity index (χ3v) is 3.40. The zero-order valence-electron chi connectivity index (χ0n) is 11.5. The van der Waals surface area contributed by atoms with Crippen molar-refractivity contribution in [2.24, 2.45) is 0 Å². The predicted molar refractivity (Wildman–Crippen MR) is 76.4 cm³/mol. The summed E-state index contributed by atoms with van der Waals surface area (Å²) in [6.45, 7) is 8.48. The van der Waals surface area contributed by atoms with Gasteiger partial charge in [-0.1, -0.05) is 45.9 Å². The van der Waals surface area contributed by atoms with E-state index >= 15 is 0 Å². The van der Waals surface area contributed by atoms with Gasteiger partial charge in [0.15, 0.2) is 5.82 Å². The van der Waals surface area contributed by atoms with Crippen LogP contribution in [-0.2, 0) is 11.8 Å². The Morgan fingerprint density at radius 1 is 1.22 bits per heavy atom. The molecule has 2 rings (SSSR count). The third kappa shape index (κ3) is 1.96. The van der Waals surface area contributed by atoms with Gasteiger partial charge in [-0.05, 0) is 34.4 Å². The molecule has 2 N–H and O–H groups in total. The second-order valence-corrected chi connectivity index (χ2v) is 5.77. The zero-order chi connectivity index (χ0) is 13.5. The highest BCUT2D eigenvalue weighted by Gasteiger charge is 2.21. The van der Waals surface area contributed by atoms with E-state index in [-0.39, 0.29) is 16.9 Å².